The summed E-state index contributed by atoms with van der Waals surface area (Å²) in [6.07, 6.45) is 3.86. The summed E-state index contributed by atoms with van der Waals surface area (Å²) in [6.45, 7) is 2.58. The Bertz CT molecular complexity index is 649. The molecule has 112 valence electrons. The van der Waals surface area contributed by atoms with Crippen molar-refractivity contribution in [2.75, 3.05) is 6.54 Å². The number of aliphatic hydroxyl groups excluding tert-OH is 1. The Morgan fingerprint density at radius 1 is 1.33 bits per heavy atom. The Balaban J connectivity index is 1.70. The maximum Gasteiger partial charge on any atom is 0.261 e. The third kappa shape index (κ3) is 2.97. The van der Waals surface area contributed by atoms with Crippen LogP contribution in [0.25, 0.3) is 10.1 Å². The summed E-state index contributed by atoms with van der Waals surface area (Å²) in [7, 11) is 0. The third-order valence-corrected chi connectivity index (χ3v) is 5.72. The molecule has 2 N–H and O–H groups in total. The van der Waals surface area contributed by atoms with Crippen LogP contribution in [0, 0.1) is 12.8 Å². The first-order valence-corrected chi connectivity index (χ1v) is 8.43. The summed E-state index contributed by atoms with van der Waals surface area (Å²) < 4.78 is 1.15. The Hall–Kier alpha value is -1.39. The van der Waals surface area contributed by atoms with E-state index in [4.69, 9.17) is 0 Å². The van der Waals surface area contributed by atoms with Crippen LogP contribution in [0.15, 0.2) is 24.3 Å². The van der Waals surface area contributed by atoms with Gasteiger partial charge in [0.1, 0.15) is 0 Å². The Kier molecular flexibility index (Phi) is 4.27. The molecule has 21 heavy (non-hydrogen) atoms. The van der Waals surface area contributed by atoms with E-state index in [0.29, 0.717) is 6.54 Å². The highest BCUT2D eigenvalue weighted by atomic mass is 32.1. The number of carbonyl (C=O) groups excluding carboxylic acids is 1. The predicted octanol–water partition coefficient (Wildman–Crippen LogP) is 3.49. The average molecular weight is 303 g/mol. The molecule has 1 aliphatic carbocycles. The molecule has 1 aromatic carbocycles. The molecule has 4 heteroatoms. The first-order valence-electron chi connectivity index (χ1n) is 7.61. The number of fused-ring (bicyclic) bond motifs is 1. The monoisotopic (exact) mass is 303 g/mol. The van der Waals surface area contributed by atoms with Gasteiger partial charge in [0.15, 0.2) is 0 Å². The quantitative estimate of drug-likeness (QED) is 0.912. The van der Waals surface area contributed by atoms with Crippen molar-refractivity contribution in [2.24, 2.45) is 5.92 Å². The van der Waals surface area contributed by atoms with Crippen LogP contribution in [0.1, 0.15) is 40.9 Å². The zero-order valence-corrected chi connectivity index (χ0v) is 13.1. The van der Waals surface area contributed by atoms with Gasteiger partial charge in [-0.15, -0.1) is 11.3 Å². The molecule has 2 aromatic rings. The number of amides is 1. The van der Waals surface area contributed by atoms with Gasteiger partial charge in [-0.1, -0.05) is 31.0 Å². The lowest BCUT2D eigenvalue weighted by molar-refractivity contribution is 0.0664. The van der Waals surface area contributed by atoms with E-state index in [0.717, 1.165) is 46.2 Å². The van der Waals surface area contributed by atoms with Crippen LogP contribution in [-0.2, 0) is 0 Å². The summed E-state index contributed by atoms with van der Waals surface area (Å²) in [6, 6.07) is 8.11. The molecule has 1 aliphatic rings. The van der Waals surface area contributed by atoms with E-state index in [1.54, 1.807) is 11.3 Å². The molecule has 1 saturated carbocycles. The molecule has 1 aromatic heterocycles. The molecule has 0 saturated heterocycles. The van der Waals surface area contributed by atoms with Crippen LogP contribution in [0.2, 0.25) is 0 Å². The minimum absolute atomic E-state index is 0.00789. The topological polar surface area (TPSA) is 49.3 Å². The molecule has 3 nitrogen and oxygen atoms in total. The summed E-state index contributed by atoms with van der Waals surface area (Å²) in [5.41, 5.74) is 1.05. The number of thiophene rings is 1. The molecule has 3 rings (SSSR count). The van der Waals surface area contributed by atoms with E-state index in [1.807, 2.05) is 19.1 Å². The number of aliphatic hydroxyl groups is 1. The van der Waals surface area contributed by atoms with Gasteiger partial charge in [-0.3, -0.25) is 4.79 Å². The van der Waals surface area contributed by atoms with E-state index in [9.17, 15) is 9.90 Å². The fourth-order valence-electron chi connectivity index (χ4n) is 3.12. The lowest BCUT2D eigenvalue weighted by Gasteiger charge is -2.27. The lowest BCUT2D eigenvalue weighted by atomic mass is 9.86. The van der Waals surface area contributed by atoms with Gasteiger partial charge in [0.05, 0.1) is 11.0 Å². The molecule has 0 bridgehead atoms. The van der Waals surface area contributed by atoms with Crippen molar-refractivity contribution in [2.45, 2.75) is 38.7 Å². The van der Waals surface area contributed by atoms with Gasteiger partial charge >= 0.3 is 0 Å². The molecule has 0 aliphatic heterocycles. The van der Waals surface area contributed by atoms with E-state index in [-0.39, 0.29) is 17.9 Å². The number of hydrogen-bond acceptors (Lipinski definition) is 3. The summed E-state index contributed by atoms with van der Waals surface area (Å²) in [4.78, 5) is 13.2. The normalized spacial score (nSPS) is 22.4. The van der Waals surface area contributed by atoms with Crippen molar-refractivity contribution in [3.8, 4) is 0 Å². The Labute approximate surface area is 129 Å². The van der Waals surface area contributed by atoms with E-state index < -0.39 is 0 Å². The molecule has 1 fully saturated rings. The van der Waals surface area contributed by atoms with Gasteiger partial charge < -0.3 is 10.4 Å². The van der Waals surface area contributed by atoms with Crippen LogP contribution >= 0.6 is 11.3 Å². The van der Waals surface area contributed by atoms with Gasteiger partial charge in [0, 0.05) is 17.2 Å². The highest BCUT2D eigenvalue weighted by Gasteiger charge is 2.24. The van der Waals surface area contributed by atoms with Gasteiger partial charge in [0.2, 0.25) is 0 Å². The third-order valence-electron chi connectivity index (χ3n) is 4.44. The van der Waals surface area contributed by atoms with Crippen LogP contribution in [-0.4, -0.2) is 23.7 Å². The number of benzene rings is 1. The molecule has 2 atom stereocenters. The molecule has 1 heterocycles. The van der Waals surface area contributed by atoms with Crippen LogP contribution < -0.4 is 5.32 Å². The zero-order valence-electron chi connectivity index (χ0n) is 12.3. The summed E-state index contributed by atoms with van der Waals surface area (Å²) in [5.74, 6) is 0.198. The average Bonchev–Trinajstić information content (AvgIpc) is 2.84. The highest BCUT2D eigenvalue weighted by molar-refractivity contribution is 7.21. The van der Waals surface area contributed by atoms with E-state index in [1.165, 1.54) is 0 Å². The predicted molar refractivity (Wildman–Crippen MR) is 86.9 cm³/mol. The van der Waals surface area contributed by atoms with Crippen molar-refractivity contribution < 1.29 is 9.90 Å². The van der Waals surface area contributed by atoms with Crippen molar-refractivity contribution in [3.05, 3.63) is 34.7 Å². The van der Waals surface area contributed by atoms with Gasteiger partial charge in [-0.05, 0) is 36.8 Å². The maximum atomic E-state index is 12.4. The van der Waals surface area contributed by atoms with Crippen molar-refractivity contribution in [1.29, 1.82) is 0 Å². The number of nitrogens with one attached hydrogen (secondary N) is 1. The van der Waals surface area contributed by atoms with E-state index >= 15 is 0 Å². The molecule has 1 amide bonds. The minimum Gasteiger partial charge on any atom is -0.393 e. The summed E-state index contributed by atoms with van der Waals surface area (Å²) in [5, 5.41) is 14.1. The SMILES string of the molecule is Cc1c(C(=O)NCC2CCCCC2O)sc2ccccc12. The fraction of sp³-hybridized carbons (Fsp3) is 0.471. The largest absolute Gasteiger partial charge is 0.393 e. The van der Waals surface area contributed by atoms with Crippen molar-refractivity contribution in [3.63, 3.8) is 0 Å². The van der Waals surface area contributed by atoms with E-state index in [2.05, 4.69) is 17.4 Å². The first-order chi connectivity index (χ1) is 10.2. The molecule has 0 radical (unpaired) electrons. The maximum absolute atomic E-state index is 12.4. The first kappa shape index (κ1) is 14.5. The molecular formula is C17H21NO2S. The van der Waals surface area contributed by atoms with Crippen molar-refractivity contribution >= 4 is 27.3 Å². The number of aryl methyl sites for hydroxylation is 1. The second-order valence-corrected chi connectivity index (χ2v) is 6.93. The van der Waals surface area contributed by atoms with Crippen LogP contribution in [0.5, 0.6) is 0 Å². The second-order valence-electron chi connectivity index (χ2n) is 5.87. The zero-order chi connectivity index (χ0) is 14.8. The second kappa shape index (κ2) is 6.16. The lowest BCUT2D eigenvalue weighted by Crippen LogP contribution is -2.36. The van der Waals surface area contributed by atoms with Crippen LogP contribution in [0.4, 0.5) is 0 Å². The Morgan fingerprint density at radius 2 is 2.10 bits per heavy atom. The number of carbonyl (C=O) groups is 1. The van der Waals surface area contributed by atoms with Crippen molar-refractivity contribution in [1.82, 2.24) is 5.32 Å². The highest BCUT2D eigenvalue weighted by Crippen LogP contribution is 2.30. The molecule has 2 unspecified atom stereocenters. The van der Waals surface area contributed by atoms with Crippen LogP contribution in [0.3, 0.4) is 0 Å². The minimum atomic E-state index is -0.262. The van der Waals surface area contributed by atoms with Gasteiger partial charge in [-0.25, -0.2) is 0 Å². The van der Waals surface area contributed by atoms with Gasteiger partial charge in [-0.2, -0.15) is 0 Å². The smallest absolute Gasteiger partial charge is 0.261 e. The Morgan fingerprint density at radius 3 is 2.86 bits per heavy atom. The number of hydrogen-bond donors (Lipinski definition) is 2. The van der Waals surface area contributed by atoms with Gasteiger partial charge in [0.25, 0.3) is 5.91 Å². The summed E-state index contributed by atoms with van der Waals surface area (Å²) >= 11 is 1.54. The standard InChI is InChI=1S/C17H21NO2S/c1-11-13-7-3-5-9-15(13)21-16(11)17(20)18-10-12-6-2-4-8-14(12)19/h3,5,7,9,12,14,19H,2,4,6,8,10H2,1H3,(H,18,20). The number of rotatable bonds is 3. The molecule has 0 spiro atoms. The fourth-order valence-corrected chi connectivity index (χ4v) is 4.25. The molecular weight excluding hydrogens is 282 g/mol.